The molecular formula is C30H56O2P2Si2. The van der Waals surface area contributed by atoms with Crippen LogP contribution in [-0.2, 0) is 25.1 Å². The standard InChI is InChI=1S/C30H56O2P2Si2/c1-27(2,3)21-19-22(28(4,5)6)24(23(20-21)29(7,8)9)33-26(32-36(16,17)18)34-25(30(10,11)12)31-35(13,14)15/h19-20H,1-18H3. The molecule has 0 aliphatic carbocycles. The lowest BCUT2D eigenvalue weighted by Crippen LogP contribution is -2.35. The second kappa shape index (κ2) is 11.2. The average Bonchev–Trinajstić information content (AvgIpc) is 2.54. The minimum Gasteiger partial charge on any atom is -0.385 e. The Morgan fingerprint density at radius 1 is 0.611 bits per heavy atom. The van der Waals surface area contributed by atoms with Crippen molar-refractivity contribution in [2.24, 2.45) is 5.41 Å². The van der Waals surface area contributed by atoms with Crippen molar-refractivity contribution in [3.8, 4) is 0 Å². The summed E-state index contributed by atoms with van der Waals surface area (Å²) >= 11 is 0. The molecule has 0 aromatic heterocycles. The van der Waals surface area contributed by atoms with Crippen molar-refractivity contribution in [2.75, 3.05) is 0 Å². The molecule has 0 radical (unpaired) electrons. The highest BCUT2D eigenvalue weighted by atomic mass is 31.1. The van der Waals surface area contributed by atoms with Gasteiger partial charge in [0.1, 0.15) is 5.22 Å². The van der Waals surface area contributed by atoms with E-state index in [1.54, 1.807) is 0 Å². The van der Waals surface area contributed by atoms with E-state index in [-0.39, 0.29) is 21.7 Å². The molecule has 0 amide bonds. The first kappa shape index (κ1) is 33.9. The van der Waals surface area contributed by atoms with Crippen LogP contribution in [0.4, 0.5) is 0 Å². The zero-order valence-corrected chi connectivity index (χ0v) is 30.7. The normalized spacial score (nSPS) is 15.5. The molecule has 0 bridgehead atoms. The van der Waals surface area contributed by atoms with E-state index in [9.17, 15) is 0 Å². The third-order valence-corrected chi connectivity index (χ3v) is 10.4. The first-order chi connectivity index (χ1) is 15.6. The van der Waals surface area contributed by atoms with Crippen LogP contribution >= 0.6 is 16.4 Å². The first-order valence-electron chi connectivity index (χ1n) is 13.4. The lowest BCUT2D eigenvalue weighted by Gasteiger charge is -2.33. The summed E-state index contributed by atoms with van der Waals surface area (Å²) in [5.41, 5.74) is 5.48. The van der Waals surface area contributed by atoms with Gasteiger partial charge in [0, 0.05) is 10.7 Å². The van der Waals surface area contributed by atoms with Crippen LogP contribution in [0.15, 0.2) is 12.1 Å². The van der Waals surface area contributed by atoms with Gasteiger partial charge >= 0.3 is 0 Å². The van der Waals surface area contributed by atoms with Crippen LogP contribution in [0.5, 0.6) is 0 Å². The summed E-state index contributed by atoms with van der Waals surface area (Å²) in [6, 6.07) is 4.93. The van der Waals surface area contributed by atoms with Crippen LogP contribution in [0.3, 0.4) is 0 Å². The lowest BCUT2D eigenvalue weighted by molar-refractivity contribution is 0.447. The van der Waals surface area contributed by atoms with E-state index in [0.29, 0.717) is 0 Å². The maximum absolute atomic E-state index is 6.86. The highest BCUT2D eigenvalue weighted by Crippen LogP contribution is 2.37. The van der Waals surface area contributed by atoms with Crippen LogP contribution in [0.1, 0.15) is 99.8 Å². The monoisotopic (exact) mass is 566 g/mol. The van der Waals surface area contributed by atoms with Crippen molar-refractivity contribution in [3.05, 3.63) is 28.8 Å². The fourth-order valence-corrected chi connectivity index (χ4v) is 10.5. The van der Waals surface area contributed by atoms with E-state index in [2.05, 4.69) is 134 Å². The number of rotatable bonds is 6. The summed E-state index contributed by atoms with van der Waals surface area (Å²) in [5.74, 6) is 0. The quantitative estimate of drug-likeness (QED) is 0.252. The Labute approximate surface area is 230 Å². The zero-order valence-electron chi connectivity index (χ0n) is 26.9. The van der Waals surface area contributed by atoms with Gasteiger partial charge in [-0.15, -0.1) is 0 Å². The second-order valence-corrected chi connectivity index (χ2v) is 27.5. The molecule has 1 rings (SSSR count). The van der Waals surface area contributed by atoms with Crippen LogP contribution in [0, 0.1) is 5.41 Å². The summed E-state index contributed by atoms with van der Waals surface area (Å²) in [4.78, 5) is 0. The van der Waals surface area contributed by atoms with Crippen molar-refractivity contribution in [1.29, 1.82) is 0 Å². The average molecular weight is 567 g/mol. The van der Waals surface area contributed by atoms with E-state index >= 15 is 0 Å². The Kier molecular flexibility index (Phi) is 10.5. The van der Waals surface area contributed by atoms with E-state index in [1.807, 2.05) is 0 Å². The molecule has 2 nitrogen and oxygen atoms in total. The highest BCUT2D eigenvalue weighted by Gasteiger charge is 2.31. The van der Waals surface area contributed by atoms with Crippen LogP contribution in [0.2, 0.25) is 39.3 Å². The largest absolute Gasteiger partial charge is 0.385 e. The molecule has 6 heteroatoms. The second-order valence-electron chi connectivity index (χ2n) is 16.2. The van der Waals surface area contributed by atoms with E-state index in [0.717, 1.165) is 27.1 Å². The number of hydrogen-bond acceptors (Lipinski definition) is 2. The van der Waals surface area contributed by atoms with E-state index < -0.39 is 16.6 Å². The Morgan fingerprint density at radius 3 is 1.28 bits per heavy atom. The number of hydrogen-bond donors (Lipinski definition) is 0. The molecule has 0 atom stereocenters. The Bertz CT molecular complexity index is 948. The summed E-state index contributed by atoms with van der Waals surface area (Å²) in [6.45, 7) is 41.5. The zero-order chi connectivity index (χ0) is 28.7. The van der Waals surface area contributed by atoms with Gasteiger partial charge in [0.25, 0.3) is 0 Å². The molecule has 1 aromatic carbocycles. The van der Waals surface area contributed by atoms with Crippen molar-refractivity contribution >= 4 is 49.0 Å². The third kappa shape index (κ3) is 11.0. The molecule has 206 valence electrons. The molecule has 0 aliphatic heterocycles. The predicted octanol–water partition coefficient (Wildman–Crippen LogP) is 10.1. The van der Waals surface area contributed by atoms with Crippen molar-refractivity contribution in [2.45, 2.75) is 139 Å². The molecule has 0 spiro atoms. The maximum Gasteiger partial charge on any atom is 0.192 e. The topological polar surface area (TPSA) is 18.5 Å². The van der Waals surface area contributed by atoms with E-state index in [4.69, 9.17) is 8.85 Å². The molecule has 0 heterocycles. The van der Waals surface area contributed by atoms with Crippen LogP contribution in [-0.4, -0.2) is 27.3 Å². The van der Waals surface area contributed by atoms with Gasteiger partial charge in [0.05, 0.1) is 5.48 Å². The molecule has 0 N–H and O–H groups in total. The predicted molar refractivity (Wildman–Crippen MR) is 174 cm³/mol. The fourth-order valence-electron chi connectivity index (χ4n) is 3.49. The summed E-state index contributed by atoms with van der Waals surface area (Å²) in [5, 5.41) is 2.52. The van der Waals surface area contributed by atoms with Crippen molar-refractivity contribution in [1.82, 2.24) is 0 Å². The highest BCUT2D eigenvalue weighted by molar-refractivity contribution is 7.75. The molecule has 0 aliphatic rings. The summed E-state index contributed by atoms with van der Waals surface area (Å²) < 4.78 is 13.6. The van der Waals surface area contributed by atoms with Crippen molar-refractivity contribution < 1.29 is 8.85 Å². The van der Waals surface area contributed by atoms with Gasteiger partial charge in [-0.1, -0.05) is 95.2 Å². The van der Waals surface area contributed by atoms with Gasteiger partial charge in [-0.05, 0) is 88.6 Å². The SMILES string of the molecule is CC(C)(C)C(O[Si](C)(C)C)=PC(O[Si](C)(C)C)=Pc1c(C(C)(C)C)cc(C(C)(C)C)cc1C(C)(C)C. The summed E-state index contributed by atoms with van der Waals surface area (Å²) in [6.07, 6.45) is 0. The lowest BCUT2D eigenvalue weighted by atomic mass is 9.75. The minimum atomic E-state index is -1.83. The van der Waals surface area contributed by atoms with Crippen LogP contribution < -0.4 is 5.30 Å². The van der Waals surface area contributed by atoms with Gasteiger partial charge in [-0.2, -0.15) is 0 Å². The van der Waals surface area contributed by atoms with Crippen LogP contribution in [0.25, 0.3) is 0 Å². The number of benzene rings is 1. The molecule has 0 saturated carbocycles. The maximum atomic E-state index is 6.86. The molecule has 36 heavy (non-hydrogen) atoms. The molecule has 0 unspecified atom stereocenters. The molecule has 0 saturated heterocycles. The molecule has 0 fully saturated rings. The van der Waals surface area contributed by atoms with Gasteiger partial charge < -0.3 is 8.85 Å². The minimum absolute atomic E-state index is 0.0240. The van der Waals surface area contributed by atoms with Gasteiger partial charge in [-0.25, -0.2) is 0 Å². The van der Waals surface area contributed by atoms with Crippen molar-refractivity contribution in [3.63, 3.8) is 0 Å². The van der Waals surface area contributed by atoms with Gasteiger partial charge in [-0.3, -0.25) is 0 Å². The molecule has 1 aromatic rings. The Hall–Kier alpha value is -0.0862. The first-order valence-corrected chi connectivity index (χ1v) is 22.0. The van der Waals surface area contributed by atoms with E-state index in [1.165, 1.54) is 22.0 Å². The fraction of sp³-hybridized carbons (Fsp3) is 0.733. The van der Waals surface area contributed by atoms with Gasteiger partial charge in [0.2, 0.25) is 0 Å². The smallest absolute Gasteiger partial charge is 0.192 e. The Morgan fingerprint density at radius 2 is 1.00 bits per heavy atom. The molecular weight excluding hydrogens is 510 g/mol. The third-order valence-electron chi connectivity index (χ3n) is 5.44. The Balaban J connectivity index is 4.19. The summed E-state index contributed by atoms with van der Waals surface area (Å²) in [7, 11) is -1.35. The van der Waals surface area contributed by atoms with Gasteiger partial charge in [0.15, 0.2) is 16.6 Å².